The lowest BCUT2D eigenvalue weighted by Crippen LogP contribution is -2.48. The van der Waals surface area contributed by atoms with E-state index in [-0.39, 0.29) is 33.5 Å². The number of allylic oxidation sites excluding steroid dienone is 4. The minimum atomic E-state index is -1.91. The van der Waals surface area contributed by atoms with Crippen LogP contribution in [0.5, 0.6) is 0 Å². The molecular formula is C43H76O4Si2. The summed E-state index contributed by atoms with van der Waals surface area (Å²) in [4.78, 5) is 12.9. The molecule has 0 bridgehead atoms. The summed E-state index contributed by atoms with van der Waals surface area (Å²) in [5.74, 6) is 1.89. The van der Waals surface area contributed by atoms with Crippen LogP contribution in [0.1, 0.15) is 146 Å². The molecule has 0 saturated heterocycles. The predicted octanol–water partition coefficient (Wildman–Crippen LogP) is 12.1. The van der Waals surface area contributed by atoms with Gasteiger partial charge < -0.3 is 14.0 Å². The van der Waals surface area contributed by atoms with Gasteiger partial charge in [-0.1, -0.05) is 104 Å². The normalized spacial score (nSPS) is 31.6. The van der Waals surface area contributed by atoms with E-state index in [1.165, 1.54) is 37.7 Å². The van der Waals surface area contributed by atoms with Crippen molar-refractivity contribution in [3.63, 3.8) is 0 Å². The van der Waals surface area contributed by atoms with Crippen LogP contribution >= 0.6 is 0 Å². The number of hydrogen-bond acceptors (Lipinski definition) is 4. The third-order valence-electron chi connectivity index (χ3n) is 14.5. The van der Waals surface area contributed by atoms with Crippen molar-refractivity contribution >= 4 is 22.4 Å². The first-order chi connectivity index (χ1) is 22.6. The predicted molar refractivity (Wildman–Crippen MR) is 213 cm³/mol. The van der Waals surface area contributed by atoms with Gasteiger partial charge in [-0.05, 0) is 130 Å². The molecule has 0 radical (unpaired) electrons. The average Bonchev–Trinajstić information content (AvgIpc) is 3.72. The molecule has 4 saturated carbocycles. The Balaban J connectivity index is 1.50. The molecule has 4 fully saturated rings. The molecule has 4 rings (SSSR count). The van der Waals surface area contributed by atoms with Crippen molar-refractivity contribution < 1.29 is 18.8 Å². The molecule has 0 aliphatic heterocycles. The lowest BCUT2D eigenvalue weighted by Gasteiger charge is -2.45. The number of rotatable bonds is 13. The fourth-order valence-electron chi connectivity index (χ4n) is 9.06. The van der Waals surface area contributed by atoms with Gasteiger partial charge in [-0.3, -0.25) is 4.79 Å². The molecule has 0 spiro atoms. The quantitative estimate of drug-likeness (QED) is 0.153. The van der Waals surface area contributed by atoms with E-state index in [1.807, 2.05) is 6.08 Å². The van der Waals surface area contributed by atoms with Gasteiger partial charge in [-0.2, -0.15) is 0 Å². The van der Waals surface area contributed by atoms with Crippen molar-refractivity contribution in [3.05, 3.63) is 35.5 Å². The van der Waals surface area contributed by atoms with Crippen molar-refractivity contribution in [1.29, 1.82) is 0 Å². The maximum atomic E-state index is 12.9. The maximum Gasteiger partial charge on any atom is 0.192 e. The summed E-state index contributed by atoms with van der Waals surface area (Å²) in [6.45, 7) is 30.7. The Morgan fingerprint density at radius 3 is 2.00 bits per heavy atom. The van der Waals surface area contributed by atoms with Crippen LogP contribution in [0.25, 0.3) is 0 Å². The van der Waals surface area contributed by atoms with Crippen molar-refractivity contribution in [2.24, 2.45) is 28.6 Å². The highest BCUT2D eigenvalue weighted by Gasteiger charge is 2.54. The van der Waals surface area contributed by atoms with Gasteiger partial charge in [0.1, 0.15) is 5.78 Å². The Hall–Kier alpha value is -0.796. The van der Waals surface area contributed by atoms with Gasteiger partial charge in [0.2, 0.25) is 0 Å². The van der Waals surface area contributed by atoms with Crippen LogP contribution in [0.15, 0.2) is 35.5 Å². The van der Waals surface area contributed by atoms with Crippen molar-refractivity contribution in [2.75, 3.05) is 0 Å². The second-order valence-electron chi connectivity index (χ2n) is 20.2. The highest BCUT2D eigenvalue weighted by molar-refractivity contribution is 6.74. The van der Waals surface area contributed by atoms with Gasteiger partial charge >= 0.3 is 0 Å². The fraction of sp³-hybridized carbons (Fsp3) is 0.837. The first kappa shape index (κ1) is 41.0. The molecule has 7 atom stereocenters. The Labute approximate surface area is 304 Å². The number of carbonyl (C=O) groups is 1. The number of unbranched alkanes of at least 4 members (excludes halogenated alkanes) is 1. The van der Waals surface area contributed by atoms with Gasteiger partial charge in [0.25, 0.3) is 0 Å². The van der Waals surface area contributed by atoms with E-state index >= 15 is 0 Å². The van der Waals surface area contributed by atoms with E-state index in [2.05, 4.69) is 107 Å². The average molecular weight is 713 g/mol. The van der Waals surface area contributed by atoms with Crippen LogP contribution < -0.4 is 0 Å². The highest BCUT2D eigenvalue weighted by atomic mass is 28.4. The summed E-state index contributed by atoms with van der Waals surface area (Å²) in [6.07, 6.45) is 22.6. The van der Waals surface area contributed by atoms with Gasteiger partial charge in [0.05, 0.1) is 23.7 Å². The van der Waals surface area contributed by atoms with Crippen LogP contribution in [0.2, 0.25) is 36.3 Å². The number of ketones is 1. The minimum absolute atomic E-state index is 0.188. The summed E-state index contributed by atoms with van der Waals surface area (Å²) in [5.41, 5.74) is 2.93. The molecule has 280 valence electrons. The lowest BCUT2D eigenvalue weighted by atomic mass is 9.61. The second-order valence-corrected chi connectivity index (χ2v) is 29.7. The fourth-order valence-corrected chi connectivity index (χ4v) is 11.8. The zero-order chi connectivity index (χ0) is 36.6. The Bertz CT molecular complexity index is 1210. The summed E-state index contributed by atoms with van der Waals surface area (Å²) in [5, 5.41) is 11.5. The van der Waals surface area contributed by atoms with E-state index in [1.54, 1.807) is 5.57 Å². The first-order valence-electron chi connectivity index (χ1n) is 20.2. The van der Waals surface area contributed by atoms with E-state index in [0.717, 1.165) is 44.9 Å². The maximum absolute atomic E-state index is 12.9. The molecule has 0 heterocycles. The van der Waals surface area contributed by atoms with Crippen molar-refractivity contribution in [3.8, 4) is 0 Å². The van der Waals surface area contributed by atoms with Crippen LogP contribution in [-0.4, -0.2) is 45.8 Å². The SMILES string of the molecule is CCCCC(=O)C1([C@H](O)/C=C/[C@@H](C)[C@H]2CC[C@H]3/C(=C/C=C4C[C@@H](O[Si](C)(C)C(C)(C)C)C[C@H](O[Si](C)(C)C(C)(C)C)C4)CCC[C@]23C)CC1. The third-order valence-corrected chi connectivity index (χ3v) is 23.6. The number of aliphatic hydroxyl groups is 1. The largest absolute Gasteiger partial charge is 0.414 e. The van der Waals surface area contributed by atoms with Crippen molar-refractivity contribution in [2.45, 2.75) is 200 Å². The summed E-state index contributed by atoms with van der Waals surface area (Å²) < 4.78 is 14.2. The molecule has 0 unspecified atom stereocenters. The first-order valence-corrected chi connectivity index (χ1v) is 26.0. The molecule has 1 N–H and O–H groups in total. The summed E-state index contributed by atoms with van der Waals surface area (Å²) >= 11 is 0. The smallest absolute Gasteiger partial charge is 0.192 e. The Morgan fingerprint density at radius 1 is 0.918 bits per heavy atom. The molecule has 4 aliphatic carbocycles. The van der Waals surface area contributed by atoms with Crippen molar-refractivity contribution in [1.82, 2.24) is 0 Å². The molecule has 0 aromatic heterocycles. The zero-order valence-corrected chi connectivity index (χ0v) is 36.1. The number of hydrogen-bond donors (Lipinski definition) is 1. The molecule has 0 aromatic rings. The van der Waals surface area contributed by atoms with Crippen LogP contribution in [-0.2, 0) is 13.6 Å². The number of carbonyl (C=O) groups excluding carboxylic acids is 1. The summed E-state index contributed by atoms with van der Waals surface area (Å²) in [7, 11) is -3.81. The molecule has 4 aliphatic rings. The van der Waals surface area contributed by atoms with Crippen LogP contribution in [0.3, 0.4) is 0 Å². The van der Waals surface area contributed by atoms with E-state index in [4.69, 9.17) is 8.85 Å². The van der Waals surface area contributed by atoms with Gasteiger partial charge in [-0.25, -0.2) is 0 Å². The van der Waals surface area contributed by atoms with Gasteiger partial charge in [-0.15, -0.1) is 0 Å². The van der Waals surface area contributed by atoms with Crippen LogP contribution in [0.4, 0.5) is 0 Å². The molecule has 49 heavy (non-hydrogen) atoms. The molecule has 0 aromatic carbocycles. The Morgan fingerprint density at radius 2 is 1.49 bits per heavy atom. The van der Waals surface area contributed by atoms with Gasteiger partial charge in [0, 0.05) is 6.42 Å². The highest BCUT2D eigenvalue weighted by Crippen LogP contribution is 2.60. The molecular weight excluding hydrogens is 637 g/mol. The zero-order valence-electron chi connectivity index (χ0n) is 34.1. The third kappa shape index (κ3) is 9.23. The molecule has 4 nitrogen and oxygen atoms in total. The lowest BCUT2D eigenvalue weighted by molar-refractivity contribution is -0.127. The van der Waals surface area contributed by atoms with Crippen LogP contribution in [0, 0.1) is 28.6 Å². The molecule has 0 amide bonds. The monoisotopic (exact) mass is 713 g/mol. The Kier molecular flexibility index (Phi) is 12.8. The minimum Gasteiger partial charge on any atom is -0.414 e. The number of Topliss-reactive ketones (excluding diaryl/α,β-unsaturated/α-hetero) is 1. The number of fused-ring (bicyclic) bond motifs is 1. The van der Waals surface area contributed by atoms with E-state index < -0.39 is 28.2 Å². The number of aliphatic hydroxyl groups excluding tert-OH is 1. The van der Waals surface area contributed by atoms with E-state index in [9.17, 15) is 9.90 Å². The van der Waals surface area contributed by atoms with Gasteiger partial charge in [0.15, 0.2) is 16.6 Å². The second kappa shape index (κ2) is 15.3. The standard InChI is InChI=1S/C43H76O4Si2/c1-14-15-18-38(44)43(26-27-43)39(45)24-19-31(2)36-22-23-37-33(17-16-25-42(36,37)9)21-20-32-28-34(46-48(10,11)40(3,4)5)30-35(29-32)47-49(12,13)41(6,7)8/h19-21,24,31,34-37,39,45H,14-18,22-23,25-30H2,1-13H3/b24-19+,33-21+/t31-,34-,35-,36-,37+,39-,42-/m1/s1. The topological polar surface area (TPSA) is 55.8 Å². The molecule has 6 heteroatoms. The summed E-state index contributed by atoms with van der Waals surface area (Å²) in [6, 6.07) is 0. The van der Waals surface area contributed by atoms with E-state index in [0.29, 0.717) is 24.2 Å².